The molecular formula is C19H28N2O3. The van der Waals surface area contributed by atoms with E-state index in [1.54, 1.807) is 7.11 Å². The Morgan fingerprint density at radius 2 is 1.96 bits per heavy atom. The number of likely N-dealkylation sites (tertiary alicyclic amines) is 1. The summed E-state index contributed by atoms with van der Waals surface area (Å²) in [6.45, 7) is 5.62. The minimum atomic E-state index is -0.125. The molecule has 5 nitrogen and oxygen atoms in total. The van der Waals surface area contributed by atoms with Crippen LogP contribution < -0.4 is 5.32 Å². The van der Waals surface area contributed by atoms with Crippen molar-refractivity contribution in [1.29, 1.82) is 0 Å². The summed E-state index contributed by atoms with van der Waals surface area (Å²) in [6, 6.07) is 8.22. The molecule has 1 aromatic carbocycles. The van der Waals surface area contributed by atoms with Crippen molar-refractivity contribution in [2.45, 2.75) is 39.2 Å². The number of methoxy groups -OCH3 is 1. The smallest absolute Gasteiger partial charge is 0.227 e. The summed E-state index contributed by atoms with van der Waals surface area (Å²) < 4.78 is 4.95. The summed E-state index contributed by atoms with van der Waals surface area (Å²) in [5, 5.41) is 2.88. The van der Waals surface area contributed by atoms with E-state index < -0.39 is 0 Å². The number of aryl methyl sites for hydroxylation is 1. The average Bonchev–Trinajstić information content (AvgIpc) is 2.57. The van der Waals surface area contributed by atoms with Gasteiger partial charge in [0.2, 0.25) is 11.8 Å². The van der Waals surface area contributed by atoms with Crippen molar-refractivity contribution in [2.75, 3.05) is 26.8 Å². The molecule has 1 saturated heterocycles. The lowest BCUT2D eigenvalue weighted by atomic mass is 9.92. The van der Waals surface area contributed by atoms with E-state index in [-0.39, 0.29) is 23.8 Å². The van der Waals surface area contributed by atoms with Crippen molar-refractivity contribution < 1.29 is 14.3 Å². The number of amides is 2. The standard InChI is InChI=1S/C19H28N2O3/c1-14-4-7-16(8-5-14)12-18(22)21-13-17(9-6-15(21)2)19(23)20-10-11-24-3/h4-5,7-8,15,17H,6,9-13H2,1-3H3,(H,20,23)/t15-,17+/m1/s1. The number of carbonyl (C=O) groups is 2. The van der Waals surface area contributed by atoms with E-state index in [4.69, 9.17) is 4.74 Å². The Morgan fingerprint density at radius 1 is 1.25 bits per heavy atom. The molecule has 2 rings (SSSR count). The molecule has 0 radical (unpaired) electrons. The number of rotatable bonds is 6. The highest BCUT2D eigenvalue weighted by atomic mass is 16.5. The number of hydrogen-bond acceptors (Lipinski definition) is 3. The molecule has 5 heteroatoms. The number of ether oxygens (including phenoxy) is 1. The molecule has 2 atom stereocenters. The molecule has 1 aliphatic rings. The molecule has 0 aliphatic carbocycles. The summed E-state index contributed by atoms with van der Waals surface area (Å²) >= 11 is 0. The monoisotopic (exact) mass is 332 g/mol. The lowest BCUT2D eigenvalue weighted by molar-refractivity contribution is -0.137. The molecule has 1 fully saturated rings. The van der Waals surface area contributed by atoms with E-state index in [1.807, 2.05) is 36.1 Å². The van der Waals surface area contributed by atoms with E-state index >= 15 is 0 Å². The van der Waals surface area contributed by atoms with Gasteiger partial charge in [0.05, 0.1) is 18.9 Å². The minimum Gasteiger partial charge on any atom is -0.383 e. The van der Waals surface area contributed by atoms with Crippen LogP contribution in [0.2, 0.25) is 0 Å². The molecular weight excluding hydrogens is 304 g/mol. The molecule has 1 heterocycles. The van der Waals surface area contributed by atoms with Gasteiger partial charge in [0.15, 0.2) is 0 Å². The third-order valence-corrected chi connectivity index (χ3v) is 4.65. The van der Waals surface area contributed by atoms with Gasteiger partial charge in [0.1, 0.15) is 0 Å². The molecule has 0 spiro atoms. The number of benzene rings is 1. The highest BCUT2D eigenvalue weighted by Gasteiger charge is 2.32. The number of carbonyl (C=O) groups excluding carboxylic acids is 2. The maximum absolute atomic E-state index is 12.7. The topological polar surface area (TPSA) is 58.6 Å². The molecule has 1 aromatic rings. The average molecular weight is 332 g/mol. The Balaban J connectivity index is 1.93. The normalized spacial score (nSPS) is 20.7. The molecule has 0 bridgehead atoms. The number of nitrogens with zero attached hydrogens (tertiary/aromatic N) is 1. The summed E-state index contributed by atoms with van der Waals surface area (Å²) in [4.78, 5) is 26.8. The van der Waals surface area contributed by atoms with Crippen LogP contribution >= 0.6 is 0 Å². The van der Waals surface area contributed by atoms with Gasteiger partial charge in [-0.25, -0.2) is 0 Å². The summed E-state index contributed by atoms with van der Waals surface area (Å²) in [6.07, 6.45) is 2.08. The van der Waals surface area contributed by atoms with Gasteiger partial charge in [-0.3, -0.25) is 9.59 Å². The van der Waals surface area contributed by atoms with E-state index in [9.17, 15) is 9.59 Å². The van der Waals surface area contributed by atoms with Crippen LogP contribution in [-0.2, 0) is 20.7 Å². The Hall–Kier alpha value is -1.88. The molecule has 0 saturated carbocycles. The van der Waals surface area contributed by atoms with Crippen LogP contribution in [0, 0.1) is 12.8 Å². The van der Waals surface area contributed by atoms with Gasteiger partial charge >= 0.3 is 0 Å². The number of hydrogen-bond donors (Lipinski definition) is 1. The first-order valence-corrected chi connectivity index (χ1v) is 8.63. The van der Waals surface area contributed by atoms with Crippen molar-refractivity contribution in [3.8, 4) is 0 Å². The van der Waals surface area contributed by atoms with Crippen LogP contribution in [0.25, 0.3) is 0 Å². The summed E-state index contributed by atoms with van der Waals surface area (Å²) in [5.41, 5.74) is 2.20. The highest BCUT2D eigenvalue weighted by Crippen LogP contribution is 2.23. The predicted molar refractivity (Wildman–Crippen MR) is 93.7 cm³/mol. The second kappa shape index (κ2) is 8.83. The van der Waals surface area contributed by atoms with Crippen molar-refractivity contribution in [3.05, 3.63) is 35.4 Å². The van der Waals surface area contributed by atoms with Gasteiger partial charge in [0, 0.05) is 26.2 Å². The summed E-state index contributed by atoms with van der Waals surface area (Å²) in [5.74, 6) is -0.00662. The van der Waals surface area contributed by atoms with E-state index in [2.05, 4.69) is 12.2 Å². The second-order valence-corrected chi connectivity index (χ2v) is 6.62. The second-order valence-electron chi connectivity index (χ2n) is 6.62. The van der Waals surface area contributed by atoms with Crippen LogP contribution in [0.5, 0.6) is 0 Å². The highest BCUT2D eigenvalue weighted by molar-refractivity contribution is 5.82. The fraction of sp³-hybridized carbons (Fsp3) is 0.579. The Bertz CT molecular complexity index is 556. The van der Waals surface area contributed by atoms with Gasteiger partial charge in [-0.15, -0.1) is 0 Å². The van der Waals surface area contributed by atoms with Crippen molar-refractivity contribution in [2.24, 2.45) is 5.92 Å². The third-order valence-electron chi connectivity index (χ3n) is 4.65. The molecule has 2 amide bonds. The first-order chi connectivity index (χ1) is 11.5. The molecule has 0 unspecified atom stereocenters. The SMILES string of the molecule is COCCNC(=O)[C@H]1CC[C@@H](C)N(C(=O)Cc2ccc(C)cc2)C1. The van der Waals surface area contributed by atoms with E-state index in [0.29, 0.717) is 26.1 Å². The van der Waals surface area contributed by atoms with Crippen molar-refractivity contribution >= 4 is 11.8 Å². The largest absolute Gasteiger partial charge is 0.383 e. The molecule has 1 N–H and O–H groups in total. The Kier molecular flexibility index (Phi) is 6.79. The maximum atomic E-state index is 12.7. The van der Waals surface area contributed by atoms with Crippen molar-refractivity contribution in [1.82, 2.24) is 10.2 Å². The predicted octanol–water partition coefficient (Wildman–Crippen LogP) is 1.93. The fourth-order valence-electron chi connectivity index (χ4n) is 3.07. The quantitative estimate of drug-likeness (QED) is 0.810. The fourth-order valence-corrected chi connectivity index (χ4v) is 3.07. The zero-order chi connectivity index (χ0) is 17.5. The van der Waals surface area contributed by atoms with Crippen LogP contribution in [0.1, 0.15) is 30.9 Å². The van der Waals surface area contributed by atoms with E-state index in [1.165, 1.54) is 5.56 Å². The van der Waals surface area contributed by atoms with Gasteiger partial charge in [-0.1, -0.05) is 29.8 Å². The summed E-state index contributed by atoms with van der Waals surface area (Å²) in [7, 11) is 1.61. The van der Waals surface area contributed by atoms with Crippen LogP contribution in [0.15, 0.2) is 24.3 Å². The van der Waals surface area contributed by atoms with Crippen LogP contribution in [0.4, 0.5) is 0 Å². The van der Waals surface area contributed by atoms with Crippen LogP contribution in [-0.4, -0.2) is 49.6 Å². The lowest BCUT2D eigenvalue weighted by Gasteiger charge is -2.37. The molecule has 132 valence electrons. The van der Waals surface area contributed by atoms with Crippen molar-refractivity contribution in [3.63, 3.8) is 0 Å². The minimum absolute atomic E-state index is 0.0204. The molecule has 1 aliphatic heterocycles. The van der Waals surface area contributed by atoms with Gasteiger partial charge in [-0.05, 0) is 32.3 Å². The maximum Gasteiger partial charge on any atom is 0.227 e. The third kappa shape index (κ3) is 5.06. The zero-order valence-electron chi connectivity index (χ0n) is 14.9. The molecule has 0 aromatic heterocycles. The number of nitrogens with one attached hydrogen (secondary N) is 1. The Morgan fingerprint density at radius 3 is 2.62 bits per heavy atom. The van der Waals surface area contributed by atoms with E-state index in [0.717, 1.165) is 18.4 Å². The first kappa shape index (κ1) is 18.5. The number of piperidine rings is 1. The van der Waals surface area contributed by atoms with Crippen LogP contribution in [0.3, 0.4) is 0 Å². The van der Waals surface area contributed by atoms with Gasteiger partial charge in [0.25, 0.3) is 0 Å². The zero-order valence-corrected chi connectivity index (χ0v) is 14.9. The first-order valence-electron chi connectivity index (χ1n) is 8.63. The molecule has 24 heavy (non-hydrogen) atoms. The lowest BCUT2D eigenvalue weighted by Crippen LogP contribution is -2.50. The van der Waals surface area contributed by atoms with Gasteiger partial charge < -0.3 is 15.0 Å². The van der Waals surface area contributed by atoms with Gasteiger partial charge in [-0.2, -0.15) is 0 Å². The Labute approximate surface area is 144 Å².